The molecule has 3 aromatic heterocycles. The molecule has 0 spiro atoms. The van der Waals surface area contributed by atoms with E-state index in [0.717, 1.165) is 71.3 Å². The molecule has 0 aromatic carbocycles. The lowest BCUT2D eigenvalue weighted by molar-refractivity contribution is -0.130. The molecule has 1 fully saturated rings. The number of methoxy groups -OCH3 is 1. The third-order valence-electron chi connectivity index (χ3n) is 6.03. The van der Waals surface area contributed by atoms with Crippen LogP contribution in [0.3, 0.4) is 0 Å². The maximum atomic E-state index is 13.0. The Morgan fingerprint density at radius 3 is 2.68 bits per heavy atom. The average molecular weight is 443 g/mol. The van der Waals surface area contributed by atoms with E-state index in [1.807, 2.05) is 25.8 Å². The van der Waals surface area contributed by atoms with Crippen LogP contribution in [0.25, 0.3) is 11.0 Å². The van der Waals surface area contributed by atoms with Crippen LogP contribution in [0, 0.1) is 20.8 Å². The molecule has 0 unspecified atom stereocenters. The number of hydrogen-bond acceptors (Lipinski definition) is 7. The summed E-state index contributed by atoms with van der Waals surface area (Å²) in [6.45, 7) is 9.40. The first kappa shape index (κ1) is 21.5. The molecule has 1 amide bonds. The van der Waals surface area contributed by atoms with Crippen LogP contribution in [-0.2, 0) is 18.3 Å². The second-order valence-corrected chi connectivity index (χ2v) is 8.96. The van der Waals surface area contributed by atoms with E-state index in [-0.39, 0.29) is 5.91 Å². The molecule has 9 heteroatoms. The quantitative estimate of drug-likeness (QED) is 0.605. The van der Waals surface area contributed by atoms with Crippen LogP contribution in [0.1, 0.15) is 35.4 Å². The maximum Gasteiger partial charge on any atom is 0.242 e. The summed E-state index contributed by atoms with van der Waals surface area (Å²) in [7, 11) is 3.50. The summed E-state index contributed by atoms with van der Waals surface area (Å²) in [6.07, 6.45) is 2.11. The Morgan fingerprint density at radius 1 is 1.16 bits per heavy atom. The molecule has 0 radical (unpaired) electrons. The summed E-state index contributed by atoms with van der Waals surface area (Å²) >= 11 is 1.68. The molecule has 0 N–H and O–H groups in total. The highest BCUT2D eigenvalue weighted by molar-refractivity contribution is 7.13. The fourth-order valence-electron chi connectivity index (χ4n) is 4.34. The first-order chi connectivity index (χ1) is 14.9. The van der Waals surface area contributed by atoms with E-state index in [1.165, 1.54) is 0 Å². The highest BCUT2D eigenvalue weighted by Crippen LogP contribution is 2.30. The number of nitrogens with zero attached hydrogens (tertiary/aromatic N) is 6. The monoisotopic (exact) mass is 442 g/mol. The lowest BCUT2D eigenvalue weighted by Crippen LogP contribution is -2.35. The van der Waals surface area contributed by atoms with E-state index in [2.05, 4.69) is 27.3 Å². The third kappa shape index (κ3) is 4.23. The van der Waals surface area contributed by atoms with Gasteiger partial charge in [-0.05, 0) is 44.7 Å². The summed E-state index contributed by atoms with van der Waals surface area (Å²) in [5.74, 6) is 0.786. The summed E-state index contributed by atoms with van der Waals surface area (Å²) in [4.78, 5) is 26.7. The second kappa shape index (κ2) is 8.82. The van der Waals surface area contributed by atoms with Crippen molar-refractivity contribution in [2.24, 2.45) is 7.05 Å². The van der Waals surface area contributed by atoms with Gasteiger partial charge in [-0.1, -0.05) is 0 Å². The van der Waals surface area contributed by atoms with E-state index in [0.29, 0.717) is 18.7 Å². The van der Waals surface area contributed by atoms with Crippen molar-refractivity contribution in [3.05, 3.63) is 27.9 Å². The van der Waals surface area contributed by atoms with E-state index in [1.54, 1.807) is 23.1 Å². The SMILES string of the molecule is COc1nn(C)c2nc(C)c(CCC(=O)N3CCCN(c4nc(C)cs4)CC3)c(C)c12. The number of carbonyl (C=O) groups excluding carboxylic acids is 1. The third-order valence-corrected chi connectivity index (χ3v) is 7.05. The van der Waals surface area contributed by atoms with Gasteiger partial charge in [-0.15, -0.1) is 16.4 Å². The lowest BCUT2D eigenvalue weighted by atomic mass is 10.00. The number of thiazole rings is 1. The number of aryl methyl sites for hydroxylation is 4. The Balaban J connectivity index is 1.44. The first-order valence-electron chi connectivity index (χ1n) is 10.7. The van der Waals surface area contributed by atoms with Crippen molar-refractivity contribution in [3.8, 4) is 5.88 Å². The Bertz CT molecular complexity index is 1110. The van der Waals surface area contributed by atoms with Gasteiger partial charge in [0.05, 0.1) is 18.2 Å². The van der Waals surface area contributed by atoms with Crippen molar-refractivity contribution < 1.29 is 9.53 Å². The molecule has 0 atom stereocenters. The molecule has 0 aliphatic carbocycles. The number of rotatable bonds is 5. The van der Waals surface area contributed by atoms with Gasteiger partial charge in [-0.25, -0.2) is 14.6 Å². The van der Waals surface area contributed by atoms with Crippen LogP contribution in [0.2, 0.25) is 0 Å². The van der Waals surface area contributed by atoms with Crippen LogP contribution in [0.15, 0.2) is 5.38 Å². The van der Waals surface area contributed by atoms with E-state index < -0.39 is 0 Å². The first-order valence-corrected chi connectivity index (χ1v) is 11.6. The molecular weight excluding hydrogens is 412 g/mol. The number of fused-ring (bicyclic) bond motifs is 1. The van der Waals surface area contributed by atoms with E-state index >= 15 is 0 Å². The highest BCUT2D eigenvalue weighted by atomic mass is 32.1. The number of pyridine rings is 1. The lowest BCUT2D eigenvalue weighted by Gasteiger charge is -2.22. The summed E-state index contributed by atoms with van der Waals surface area (Å²) < 4.78 is 7.20. The zero-order valence-electron chi connectivity index (χ0n) is 18.9. The summed E-state index contributed by atoms with van der Waals surface area (Å²) in [5, 5.41) is 8.48. The fourth-order valence-corrected chi connectivity index (χ4v) is 5.20. The van der Waals surface area contributed by atoms with Crippen molar-refractivity contribution in [3.63, 3.8) is 0 Å². The smallest absolute Gasteiger partial charge is 0.242 e. The van der Waals surface area contributed by atoms with Crippen molar-refractivity contribution in [2.45, 2.75) is 40.0 Å². The Labute approximate surface area is 186 Å². The minimum absolute atomic E-state index is 0.203. The van der Waals surface area contributed by atoms with Gasteiger partial charge in [0.25, 0.3) is 0 Å². The summed E-state index contributed by atoms with van der Waals surface area (Å²) in [5.41, 5.74) is 5.03. The zero-order valence-corrected chi connectivity index (χ0v) is 19.8. The van der Waals surface area contributed by atoms with E-state index in [9.17, 15) is 4.79 Å². The van der Waals surface area contributed by atoms with Crippen molar-refractivity contribution >= 4 is 33.4 Å². The van der Waals surface area contributed by atoms with Gasteiger partial charge in [0, 0.05) is 50.7 Å². The highest BCUT2D eigenvalue weighted by Gasteiger charge is 2.22. The molecule has 1 aliphatic heterocycles. The van der Waals surface area contributed by atoms with Crippen molar-refractivity contribution in [1.29, 1.82) is 0 Å². The largest absolute Gasteiger partial charge is 0.479 e. The average Bonchev–Trinajstić information content (AvgIpc) is 3.21. The number of aromatic nitrogens is 4. The number of anilines is 1. The zero-order chi connectivity index (χ0) is 22.1. The van der Waals surface area contributed by atoms with Crippen LogP contribution in [0.5, 0.6) is 5.88 Å². The Hall–Kier alpha value is -2.68. The molecule has 0 saturated carbocycles. The predicted molar refractivity (Wildman–Crippen MR) is 123 cm³/mol. The Morgan fingerprint density at radius 2 is 1.97 bits per heavy atom. The second-order valence-electron chi connectivity index (χ2n) is 8.13. The van der Waals surface area contributed by atoms with Gasteiger partial charge < -0.3 is 14.5 Å². The fraction of sp³-hybridized carbons (Fsp3) is 0.545. The van der Waals surface area contributed by atoms with Gasteiger partial charge >= 0.3 is 0 Å². The molecule has 0 bridgehead atoms. The molecule has 3 aromatic rings. The van der Waals surface area contributed by atoms with Crippen LogP contribution >= 0.6 is 11.3 Å². The molecule has 4 rings (SSSR count). The van der Waals surface area contributed by atoms with Gasteiger partial charge in [-0.3, -0.25) is 4.79 Å². The number of hydrogen-bond donors (Lipinski definition) is 0. The van der Waals surface area contributed by atoms with Crippen molar-refractivity contribution in [1.82, 2.24) is 24.6 Å². The standard InChI is InChI=1S/C22H30N6O2S/c1-14-13-31-22(23-14)28-10-6-9-27(11-12-28)18(29)8-7-17-15(2)19-20(24-16(17)3)26(4)25-21(19)30-5/h13H,6-12H2,1-5H3. The molecule has 1 saturated heterocycles. The molecule has 4 heterocycles. The van der Waals surface area contributed by atoms with Gasteiger partial charge in [-0.2, -0.15) is 0 Å². The van der Waals surface area contributed by atoms with E-state index in [4.69, 9.17) is 9.72 Å². The molecule has 8 nitrogen and oxygen atoms in total. The van der Waals surface area contributed by atoms with Crippen LogP contribution < -0.4 is 9.64 Å². The molecule has 1 aliphatic rings. The van der Waals surface area contributed by atoms with Gasteiger partial charge in [0.15, 0.2) is 10.8 Å². The van der Waals surface area contributed by atoms with Gasteiger partial charge in [0.2, 0.25) is 11.8 Å². The minimum atomic E-state index is 0.203. The van der Waals surface area contributed by atoms with Crippen LogP contribution in [0.4, 0.5) is 5.13 Å². The predicted octanol–water partition coefficient (Wildman–Crippen LogP) is 3.03. The number of carbonyl (C=O) groups is 1. The topological polar surface area (TPSA) is 76.4 Å². The van der Waals surface area contributed by atoms with Crippen molar-refractivity contribution in [2.75, 3.05) is 38.2 Å². The minimum Gasteiger partial charge on any atom is -0.479 e. The molecule has 31 heavy (non-hydrogen) atoms. The molecule has 166 valence electrons. The number of ether oxygens (including phenoxy) is 1. The van der Waals surface area contributed by atoms with Gasteiger partial charge in [0.1, 0.15) is 0 Å². The van der Waals surface area contributed by atoms with Crippen LogP contribution in [-0.4, -0.2) is 63.8 Å². The Kier molecular flexibility index (Phi) is 6.13. The summed E-state index contributed by atoms with van der Waals surface area (Å²) in [6, 6.07) is 0. The number of amides is 1. The molecular formula is C22H30N6O2S. The maximum absolute atomic E-state index is 13.0. The normalized spacial score (nSPS) is 14.9.